The molecule has 0 unspecified atom stereocenters. The van der Waals surface area contributed by atoms with Crippen molar-refractivity contribution in [3.05, 3.63) is 111 Å². The van der Waals surface area contributed by atoms with Gasteiger partial charge in [-0.1, -0.05) is 30.3 Å². The molecule has 1 aliphatic rings. The number of nitro groups is 1. The molecule has 1 amide bonds. The third-order valence-electron chi connectivity index (χ3n) is 5.64. The van der Waals surface area contributed by atoms with E-state index in [1.54, 1.807) is 35.2 Å². The van der Waals surface area contributed by atoms with Crippen LogP contribution in [0.5, 0.6) is 0 Å². The third kappa shape index (κ3) is 4.65. The van der Waals surface area contributed by atoms with Gasteiger partial charge in [0, 0.05) is 43.9 Å². The van der Waals surface area contributed by atoms with E-state index in [1.807, 2.05) is 0 Å². The molecule has 6 nitrogen and oxygen atoms in total. The van der Waals surface area contributed by atoms with Gasteiger partial charge in [0.15, 0.2) is 0 Å². The smallest absolute Gasteiger partial charge is 0.270 e. The summed E-state index contributed by atoms with van der Waals surface area (Å²) < 4.78 is 27.0. The maximum Gasteiger partial charge on any atom is 0.270 e. The fourth-order valence-electron chi connectivity index (χ4n) is 4.02. The van der Waals surface area contributed by atoms with Crippen molar-refractivity contribution in [1.29, 1.82) is 0 Å². The zero-order chi connectivity index (χ0) is 22.7. The van der Waals surface area contributed by atoms with Crippen LogP contribution in [0.3, 0.4) is 0 Å². The predicted molar refractivity (Wildman–Crippen MR) is 115 cm³/mol. The molecule has 3 aromatic rings. The van der Waals surface area contributed by atoms with Gasteiger partial charge in [0.05, 0.1) is 11.0 Å². The van der Waals surface area contributed by atoms with Crippen molar-refractivity contribution in [3.63, 3.8) is 0 Å². The van der Waals surface area contributed by atoms with Crippen LogP contribution in [0, 0.1) is 21.7 Å². The van der Waals surface area contributed by atoms with Crippen LogP contribution in [0.1, 0.15) is 27.5 Å². The van der Waals surface area contributed by atoms with E-state index in [4.69, 9.17) is 0 Å². The van der Waals surface area contributed by atoms with Crippen molar-refractivity contribution in [2.45, 2.75) is 6.04 Å². The molecule has 1 heterocycles. The quantitative estimate of drug-likeness (QED) is 0.438. The highest BCUT2D eigenvalue weighted by atomic mass is 19.1. The Morgan fingerprint density at radius 1 is 0.844 bits per heavy atom. The number of benzene rings is 3. The molecule has 0 radical (unpaired) electrons. The first kappa shape index (κ1) is 21.6. The lowest BCUT2D eigenvalue weighted by molar-refractivity contribution is -0.384. The van der Waals surface area contributed by atoms with E-state index >= 15 is 0 Å². The van der Waals surface area contributed by atoms with Crippen molar-refractivity contribution in [2.24, 2.45) is 0 Å². The summed E-state index contributed by atoms with van der Waals surface area (Å²) in [6.45, 7) is 1.95. The summed E-state index contributed by atoms with van der Waals surface area (Å²) in [5.74, 6) is -0.925. The summed E-state index contributed by atoms with van der Waals surface area (Å²) in [5.41, 5.74) is 1.90. The Hall–Kier alpha value is -3.65. The Bertz CT molecular complexity index is 1070. The number of nitro benzene ring substituents is 1. The van der Waals surface area contributed by atoms with Gasteiger partial charge in [-0.25, -0.2) is 8.78 Å². The third-order valence-corrected chi connectivity index (χ3v) is 5.64. The minimum absolute atomic E-state index is 0.123. The van der Waals surface area contributed by atoms with Crippen LogP contribution in [0.15, 0.2) is 72.8 Å². The van der Waals surface area contributed by atoms with Crippen LogP contribution in [0.25, 0.3) is 0 Å². The molecule has 1 saturated heterocycles. The highest BCUT2D eigenvalue weighted by Crippen LogP contribution is 2.30. The Labute approximate surface area is 183 Å². The number of halogens is 2. The SMILES string of the molecule is O=C(c1cccc([N+](=O)[O-])c1)N1CCN(C(c2ccc(F)cc2)c2ccc(F)cc2)CC1. The van der Waals surface area contributed by atoms with Crippen LogP contribution in [0.2, 0.25) is 0 Å². The van der Waals surface area contributed by atoms with Gasteiger partial charge in [0.1, 0.15) is 11.6 Å². The first-order valence-corrected chi connectivity index (χ1v) is 10.2. The Morgan fingerprint density at radius 3 is 1.88 bits per heavy atom. The Balaban J connectivity index is 1.53. The molecule has 0 aliphatic carbocycles. The second-order valence-electron chi connectivity index (χ2n) is 7.64. The van der Waals surface area contributed by atoms with Gasteiger partial charge in [-0.3, -0.25) is 19.8 Å². The molecule has 0 spiro atoms. The van der Waals surface area contributed by atoms with Gasteiger partial charge in [-0.2, -0.15) is 0 Å². The average molecular weight is 437 g/mol. The Kier molecular flexibility index (Phi) is 6.23. The van der Waals surface area contributed by atoms with Crippen LogP contribution >= 0.6 is 0 Å². The molecule has 8 heteroatoms. The highest BCUT2D eigenvalue weighted by molar-refractivity contribution is 5.94. The van der Waals surface area contributed by atoms with Crippen molar-refractivity contribution in [3.8, 4) is 0 Å². The van der Waals surface area contributed by atoms with Gasteiger partial charge in [-0.05, 0) is 41.5 Å². The number of non-ortho nitro benzene ring substituents is 1. The molecule has 3 aromatic carbocycles. The fraction of sp³-hybridized carbons (Fsp3) is 0.208. The van der Waals surface area contributed by atoms with Crippen LogP contribution in [-0.4, -0.2) is 46.8 Å². The summed E-state index contributed by atoms with van der Waals surface area (Å²) in [7, 11) is 0. The molecule has 4 rings (SSSR count). The summed E-state index contributed by atoms with van der Waals surface area (Å²) in [5, 5.41) is 11.0. The lowest BCUT2D eigenvalue weighted by Gasteiger charge is -2.39. The lowest BCUT2D eigenvalue weighted by Crippen LogP contribution is -2.49. The van der Waals surface area contributed by atoms with Crippen LogP contribution in [-0.2, 0) is 0 Å². The monoisotopic (exact) mass is 437 g/mol. The van der Waals surface area contributed by atoms with Gasteiger partial charge in [0.2, 0.25) is 0 Å². The molecular weight excluding hydrogens is 416 g/mol. The zero-order valence-electron chi connectivity index (χ0n) is 17.2. The van der Waals surface area contributed by atoms with E-state index in [0.717, 1.165) is 11.1 Å². The molecular formula is C24H21F2N3O3. The maximum absolute atomic E-state index is 13.5. The molecule has 1 aliphatic heterocycles. The number of rotatable bonds is 5. The normalized spacial score (nSPS) is 14.5. The van der Waals surface area contributed by atoms with Crippen molar-refractivity contribution in [1.82, 2.24) is 9.80 Å². The first-order chi connectivity index (χ1) is 15.4. The number of amides is 1. The number of carbonyl (C=O) groups excluding carboxylic acids is 1. The Morgan fingerprint density at radius 2 is 1.38 bits per heavy atom. The first-order valence-electron chi connectivity index (χ1n) is 10.2. The van der Waals surface area contributed by atoms with E-state index < -0.39 is 4.92 Å². The molecule has 1 fully saturated rings. The van der Waals surface area contributed by atoms with Crippen molar-refractivity contribution in [2.75, 3.05) is 26.2 Å². The summed E-state index contributed by atoms with van der Waals surface area (Å²) in [6, 6.07) is 17.9. The predicted octanol–water partition coefficient (Wildman–Crippen LogP) is 4.42. The minimum Gasteiger partial charge on any atom is -0.336 e. The van der Waals surface area contributed by atoms with E-state index in [-0.39, 0.29) is 34.8 Å². The number of piperazine rings is 1. The van der Waals surface area contributed by atoms with Gasteiger partial charge >= 0.3 is 0 Å². The van der Waals surface area contributed by atoms with E-state index in [0.29, 0.717) is 26.2 Å². The fourth-order valence-corrected chi connectivity index (χ4v) is 4.02. The average Bonchev–Trinajstić information content (AvgIpc) is 2.82. The minimum atomic E-state index is -0.523. The molecule has 0 atom stereocenters. The highest BCUT2D eigenvalue weighted by Gasteiger charge is 2.29. The molecule has 0 N–H and O–H groups in total. The maximum atomic E-state index is 13.5. The topological polar surface area (TPSA) is 66.7 Å². The molecule has 0 saturated carbocycles. The molecule has 0 bridgehead atoms. The number of hydrogen-bond acceptors (Lipinski definition) is 4. The molecule has 164 valence electrons. The number of nitrogens with zero attached hydrogens (tertiary/aromatic N) is 3. The largest absolute Gasteiger partial charge is 0.336 e. The summed E-state index contributed by atoms with van der Waals surface area (Å²) in [6.07, 6.45) is 0. The second kappa shape index (κ2) is 9.23. The van der Waals surface area contributed by atoms with Gasteiger partial charge < -0.3 is 4.90 Å². The van der Waals surface area contributed by atoms with Crippen molar-refractivity contribution >= 4 is 11.6 Å². The van der Waals surface area contributed by atoms with Crippen LogP contribution < -0.4 is 0 Å². The molecule has 0 aromatic heterocycles. The van der Waals surface area contributed by atoms with Crippen LogP contribution in [0.4, 0.5) is 14.5 Å². The zero-order valence-corrected chi connectivity index (χ0v) is 17.2. The van der Waals surface area contributed by atoms with Gasteiger partial charge in [0.25, 0.3) is 11.6 Å². The summed E-state index contributed by atoms with van der Waals surface area (Å²) >= 11 is 0. The standard InChI is InChI=1S/C24H21F2N3O3/c25-20-8-4-17(5-9-20)23(18-6-10-21(26)11-7-18)27-12-14-28(15-13-27)24(30)19-2-1-3-22(16-19)29(31)32/h1-11,16,23H,12-15H2. The van der Waals surface area contributed by atoms with E-state index in [9.17, 15) is 23.7 Å². The lowest BCUT2D eigenvalue weighted by atomic mass is 9.96. The van der Waals surface area contributed by atoms with E-state index in [1.165, 1.54) is 42.5 Å². The van der Waals surface area contributed by atoms with Gasteiger partial charge in [-0.15, -0.1) is 0 Å². The van der Waals surface area contributed by atoms with E-state index in [2.05, 4.69) is 4.90 Å². The number of carbonyl (C=O) groups is 1. The van der Waals surface area contributed by atoms with Crippen molar-refractivity contribution < 1.29 is 18.5 Å². The second-order valence-corrected chi connectivity index (χ2v) is 7.64. The number of hydrogen-bond donors (Lipinski definition) is 0. The molecule has 32 heavy (non-hydrogen) atoms. The summed E-state index contributed by atoms with van der Waals surface area (Å²) in [4.78, 5) is 27.2.